The number of fused-ring (bicyclic) bond motifs is 1. The van der Waals surface area contributed by atoms with Crippen molar-refractivity contribution in [2.45, 2.75) is 54.9 Å². The predicted molar refractivity (Wildman–Crippen MR) is 72.8 cm³/mol. The highest BCUT2D eigenvalue weighted by Gasteiger charge is 2.62. The predicted octanol–water partition coefficient (Wildman–Crippen LogP) is 3.56. The molecule has 1 saturated heterocycles. The molecule has 2 nitrogen and oxygen atoms in total. The zero-order valence-corrected chi connectivity index (χ0v) is 12.6. The molecule has 0 N–H and O–H groups in total. The lowest BCUT2D eigenvalue weighted by Crippen LogP contribution is -2.35. The Labute approximate surface area is 107 Å². The molecule has 100 valence electrons. The molecule has 0 aromatic carbocycles. The summed E-state index contributed by atoms with van der Waals surface area (Å²) in [4.78, 5) is 14.0. The molecule has 1 aliphatic carbocycles. The Hall–Kier alpha value is -0.530. The monoisotopic (exact) mass is 239 g/mol. The quantitative estimate of drug-likeness (QED) is 0.685. The maximum Gasteiger partial charge on any atom is 0.223 e. The molecular weight excluding hydrogens is 210 g/mol. The Balaban J connectivity index is 0.000000686. The highest BCUT2D eigenvalue weighted by atomic mass is 16.2. The van der Waals surface area contributed by atoms with Crippen LogP contribution in [0.4, 0.5) is 0 Å². The van der Waals surface area contributed by atoms with Gasteiger partial charge in [-0.3, -0.25) is 4.79 Å². The molecule has 2 aliphatic rings. The van der Waals surface area contributed by atoms with Gasteiger partial charge in [-0.2, -0.15) is 0 Å². The summed E-state index contributed by atoms with van der Waals surface area (Å²) in [5.41, 5.74) is 0.637. The smallest absolute Gasteiger partial charge is 0.223 e. The van der Waals surface area contributed by atoms with Crippen LogP contribution in [0.2, 0.25) is 0 Å². The Morgan fingerprint density at radius 2 is 1.59 bits per heavy atom. The molecule has 2 fully saturated rings. The summed E-state index contributed by atoms with van der Waals surface area (Å²) in [5, 5.41) is 0. The van der Waals surface area contributed by atoms with E-state index in [9.17, 15) is 4.79 Å². The molecule has 0 radical (unpaired) electrons. The summed E-state index contributed by atoms with van der Waals surface area (Å²) < 4.78 is 0. The lowest BCUT2D eigenvalue weighted by molar-refractivity contribution is -0.132. The number of rotatable bonds is 1. The lowest BCUT2D eigenvalue weighted by atomic mass is 9.91. The molecule has 2 atom stereocenters. The summed E-state index contributed by atoms with van der Waals surface area (Å²) in [6, 6.07) is 0. The van der Waals surface area contributed by atoms with Crippen molar-refractivity contribution in [1.29, 1.82) is 0 Å². The fourth-order valence-electron chi connectivity index (χ4n) is 2.90. The van der Waals surface area contributed by atoms with Gasteiger partial charge in [-0.25, -0.2) is 0 Å². The van der Waals surface area contributed by atoms with E-state index in [1.54, 1.807) is 0 Å². The molecule has 1 saturated carbocycles. The first kappa shape index (κ1) is 14.5. The van der Waals surface area contributed by atoms with E-state index < -0.39 is 0 Å². The Morgan fingerprint density at radius 3 is 1.94 bits per heavy atom. The van der Waals surface area contributed by atoms with Crippen LogP contribution in [0.15, 0.2) is 0 Å². The summed E-state index contributed by atoms with van der Waals surface area (Å²) >= 11 is 0. The maximum atomic E-state index is 12.0. The van der Waals surface area contributed by atoms with Crippen LogP contribution in [-0.4, -0.2) is 23.9 Å². The molecule has 1 aliphatic heterocycles. The van der Waals surface area contributed by atoms with Crippen molar-refractivity contribution >= 4 is 5.91 Å². The van der Waals surface area contributed by atoms with E-state index in [2.05, 4.69) is 39.5 Å². The largest absolute Gasteiger partial charge is 0.342 e. The lowest BCUT2D eigenvalue weighted by Gasteiger charge is -2.26. The fraction of sp³-hybridized carbons (Fsp3) is 0.933. The number of piperidine rings is 1. The van der Waals surface area contributed by atoms with Gasteiger partial charge < -0.3 is 4.90 Å². The maximum absolute atomic E-state index is 12.0. The van der Waals surface area contributed by atoms with Crippen molar-refractivity contribution in [2.24, 2.45) is 22.7 Å². The minimum atomic E-state index is 0.124. The number of carbonyl (C=O) groups excluding carboxylic acids is 1. The van der Waals surface area contributed by atoms with Crippen LogP contribution in [0, 0.1) is 22.7 Å². The van der Waals surface area contributed by atoms with E-state index in [1.807, 2.05) is 13.8 Å². The van der Waals surface area contributed by atoms with Crippen LogP contribution in [-0.2, 0) is 4.79 Å². The van der Waals surface area contributed by atoms with Gasteiger partial charge in [0.05, 0.1) is 0 Å². The van der Waals surface area contributed by atoms with Gasteiger partial charge >= 0.3 is 0 Å². The van der Waals surface area contributed by atoms with E-state index in [0.717, 1.165) is 24.9 Å². The van der Waals surface area contributed by atoms with Crippen LogP contribution < -0.4 is 0 Å². The van der Waals surface area contributed by atoms with Crippen molar-refractivity contribution in [3.8, 4) is 0 Å². The van der Waals surface area contributed by atoms with Gasteiger partial charge in [0.25, 0.3) is 0 Å². The summed E-state index contributed by atoms with van der Waals surface area (Å²) in [6.45, 7) is 17.1. The number of amides is 1. The molecule has 1 heterocycles. The summed E-state index contributed by atoms with van der Waals surface area (Å²) in [6.07, 6.45) is 0.687. The van der Waals surface area contributed by atoms with Crippen molar-refractivity contribution in [3.05, 3.63) is 0 Å². The van der Waals surface area contributed by atoms with Crippen molar-refractivity contribution in [2.75, 3.05) is 13.1 Å². The molecule has 0 spiro atoms. The minimum Gasteiger partial charge on any atom is -0.342 e. The molecule has 0 aromatic heterocycles. The van der Waals surface area contributed by atoms with Crippen molar-refractivity contribution < 1.29 is 4.79 Å². The average molecular weight is 239 g/mol. The molecule has 2 rings (SSSR count). The first-order valence-electron chi connectivity index (χ1n) is 6.99. The standard InChI is InChI=1S/C13H23NO.C2H6/c1-12(2,3)6-11(15)14-7-9-10(8-14)13(9,4)5;1-2/h9-10H,6-8H2,1-5H3;1-2H3/t9-,10?;/m0./s1. The number of hydrogen-bond donors (Lipinski definition) is 0. The van der Waals surface area contributed by atoms with Crippen LogP contribution in [0.25, 0.3) is 0 Å². The van der Waals surface area contributed by atoms with Crippen LogP contribution in [0.1, 0.15) is 54.9 Å². The second kappa shape index (κ2) is 4.62. The molecule has 1 unspecified atom stereocenters. The van der Waals surface area contributed by atoms with Gasteiger partial charge in [0.2, 0.25) is 5.91 Å². The van der Waals surface area contributed by atoms with Crippen LogP contribution >= 0.6 is 0 Å². The molecule has 2 heteroatoms. The van der Waals surface area contributed by atoms with E-state index >= 15 is 0 Å². The van der Waals surface area contributed by atoms with E-state index in [0.29, 0.717) is 17.7 Å². The Morgan fingerprint density at radius 1 is 1.18 bits per heavy atom. The van der Waals surface area contributed by atoms with E-state index in [1.165, 1.54) is 0 Å². The molecule has 1 amide bonds. The zero-order chi connectivity index (χ0) is 13.4. The summed E-state index contributed by atoms with van der Waals surface area (Å²) in [7, 11) is 0. The molecular formula is C15H29NO. The van der Waals surface area contributed by atoms with Gasteiger partial charge in [-0.05, 0) is 22.7 Å². The second-order valence-corrected chi connectivity index (χ2v) is 7.07. The van der Waals surface area contributed by atoms with Crippen LogP contribution in [0.5, 0.6) is 0 Å². The number of carbonyl (C=O) groups is 1. The number of likely N-dealkylation sites (tertiary alicyclic amines) is 1. The summed E-state index contributed by atoms with van der Waals surface area (Å²) in [5.74, 6) is 1.91. The van der Waals surface area contributed by atoms with Gasteiger partial charge in [-0.15, -0.1) is 0 Å². The Kier molecular flexibility index (Phi) is 3.95. The first-order valence-corrected chi connectivity index (χ1v) is 6.99. The number of nitrogens with zero attached hydrogens (tertiary/aromatic N) is 1. The minimum absolute atomic E-state index is 0.124. The van der Waals surface area contributed by atoms with Gasteiger partial charge in [0.15, 0.2) is 0 Å². The van der Waals surface area contributed by atoms with Crippen molar-refractivity contribution in [3.63, 3.8) is 0 Å². The first-order chi connectivity index (χ1) is 7.72. The molecule has 0 bridgehead atoms. The van der Waals surface area contributed by atoms with Crippen molar-refractivity contribution in [1.82, 2.24) is 4.90 Å². The molecule has 0 aromatic rings. The second-order valence-electron chi connectivity index (χ2n) is 7.07. The third-order valence-electron chi connectivity index (χ3n) is 4.16. The van der Waals surface area contributed by atoms with Gasteiger partial charge in [0, 0.05) is 19.5 Å². The normalized spacial score (nSPS) is 29.2. The van der Waals surface area contributed by atoms with E-state index in [4.69, 9.17) is 0 Å². The topological polar surface area (TPSA) is 20.3 Å². The third kappa shape index (κ3) is 3.02. The van der Waals surface area contributed by atoms with Crippen LogP contribution in [0.3, 0.4) is 0 Å². The van der Waals surface area contributed by atoms with Gasteiger partial charge in [-0.1, -0.05) is 48.5 Å². The molecule has 17 heavy (non-hydrogen) atoms. The van der Waals surface area contributed by atoms with E-state index in [-0.39, 0.29) is 5.41 Å². The highest BCUT2D eigenvalue weighted by Crippen LogP contribution is 2.62. The zero-order valence-electron chi connectivity index (χ0n) is 12.6. The Bertz CT molecular complexity index is 274. The highest BCUT2D eigenvalue weighted by molar-refractivity contribution is 5.77. The third-order valence-corrected chi connectivity index (χ3v) is 4.16. The average Bonchev–Trinajstić information content (AvgIpc) is 2.63. The van der Waals surface area contributed by atoms with Gasteiger partial charge in [0.1, 0.15) is 0 Å². The number of hydrogen-bond acceptors (Lipinski definition) is 1. The SMILES string of the molecule is CC.CC(C)(C)CC(=O)N1CC2[C@H](C1)C2(C)C. The fourth-order valence-corrected chi connectivity index (χ4v) is 2.90.